The summed E-state index contributed by atoms with van der Waals surface area (Å²) in [5.74, 6) is 0.850. The maximum atomic E-state index is 5.16. The molecule has 0 spiro atoms. The zero-order valence-corrected chi connectivity index (χ0v) is 11.6. The van der Waals surface area contributed by atoms with Gasteiger partial charge in [-0.25, -0.2) is 0 Å². The zero-order chi connectivity index (χ0) is 13.9. The summed E-state index contributed by atoms with van der Waals surface area (Å²) in [6.45, 7) is 2.08. The van der Waals surface area contributed by atoms with Crippen molar-refractivity contribution in [1.82, 2.24) is 10.2 Å². The molecule has 3 aromatic rings. The Morgan fingerprint density at radius 2 is 1.55 bits per heavy atom. The Morgan fingerprint density at radius 3 is 2.20 bits per heavy atom. The summed E-state index contributed by atoms with van der Waals surface area (Å²) in [7, 11) is 1.67. The number of aromatic amines is 1. The maximum absolute atomic E-state index is 5.16. The Labute approximate surface area is 118 Å². The van der Waals surface area contributed by atoms with Gasteiger partial charge in [-0.2, -0.15) is 5.10 Å². The van der Waals surface area contributed by atoms with Crippen molar-refractivity contribution >= 4 is 0 Å². The topological polar surface area (TPSA) is 37.9 Å². The smallest absolute Gasteiger partial charge is 0.118 e. The Kier molecular flexibility index (Phi) is 3.25. The van der Waals surface area contributed by atoms with Crippen molar-refractivity contribution in [2.45, 2.75) is 6.92 Å². The molecular formula is C17H16N2O. The highest BCUT2D eigenvalue weighted by atomic mass is 16.5. The number of aromatic nitrogens is 2. The third-order valence-electron chi connectivity index (χ3n) is 3.33. The van der Waals surface area contributed by atoms with Crippen LogP contribution in [0, 0.1) is 6.92 Å². The van der Waals surface area contributed by atoms with Gasteiger partial charge in [-0.15, -0.1) is 0 Å². The summed E-state index contributed by atoms with van der Waals surface area (Å²) in [6, 6.07) is 18.4. The van der Waals surface area contributed by atoms with Crippen molar-refractivity contribution in [3.8, 4) is 28.3 Å². The molecule has 100 valence electrons. The molecule has 1 N–H and O–H groups in total. The molecule has 0 saturated carbocycles. The number of hydrogen-bond acceptors (Lipinski definition) is 2. The highest BCUT2D eigenvalue weighted by Crippen LogP contribution is 2.25. The molecule has 1 aromatic heterocycles. The lowest BCUT2D eigenvalue weighted by molar-refractivity contribution is 0.415. The Morgan fingerprint density at radius 1 is 0.900 bits per heavy atom. The number of ether oxygens (including phenoxy) is 1. The first-order valence-electron chi connectivity index (χ1n) is 6.53. The van der Waals surface area contributed by atoms with E-state index in [2.05, 4.69) is 47.5 Å². The van der Waals surface area contributed by atoms with Crippen molar-refractivity contribution in [2.75, 3.05) is 7.11 Å². The molecule has 20 heavy (non-hydrogen) atoms. The van der Waals surface area contributed by atoms with Gasteiger partial charge in [0.15, 0.2) is 0 Å². The summed E-state index contributed by atoms with van der Waals surface area (Å²) in [6.07, 6.45) is 0. The van der Waals surface area contributed by atoms with Crippen molar-refractivity contribution < 1.29 is 4.74 Å². The molecule has 0 aliphatic heterocycles. The van der Waals surface area contributed by atoms with Gasteiger partial charge in [-0.1, -0.05) is 29.8 Å². The fourth-order valence-electron chi connectivity index (χ4n) is 2.11. The predicted molar refractivity (Wildman–Crippen MR) is 80.7 cm³/mol. The van der Waals surface area contributed by atoms with Crippen molar-refractivity contribution in [2.24, 2.45) is 0 Å². The van der Waals surface area contributed by atoms with Crippen LogP contribution in [0.4, 0.5) is 0 Å². The highest BCUT2D eigenvalue weighted by molar-refractivity contribution is 5.68. The van der Waals surface area contributed by atoms with Crippen LogP contribution in [0.3, 0.4) is 0 Å². The van der Waals surface area contributed by atoms with E-state index in [1.807, 2.05) is 24.3 Å². The van der Waals surface area contributed by atoms with Crippen LogP contribution in [0.15, 0.2) is 54.6 Å². The van der Waals surface area contributed by atoms with Crippen LogP contribution >= 0.6 is 0 Å². The molecule has 0 fully saturated rings. The molecule has 0 aliphatic carbocycles. The third kappa shape index (κ3) is 2.43. The van der Waals surface area contributed by atoms with Gasteiger partial charge < -0.3 is 4.74 Å². The minimum absolute atomic E-state index is 0.850. The van der Waals surface area contributed by atoms with E-state index in [4.69, 9.17) is 4.74 Å². The molecule has 0 atom stereocenters. The molecule has 1 heterocycles. The molecule has 2 aromatic carbocycles. The maximum Gasteiger partial charge on any atom is 0.118 e. The Hall–Kier alpha value is -2.55. The molecule has 3 nitrogen and oxygen atoms in total. The summed E-state index contributed by atoms with van der Waals surface area (Å²) in [4.78, 5) is 0. The van der Waals surface area contributed by atoms with Crippen LogP contribution in [0.25, 0.3) is 22.5 Å². The Bertz CT molecular complexity index is 697. The molecule has 3 heteroatoms. The van der Waals surface area contributed by atoms with E-state index in [0.29, 0.717) is 0 Å². The SMILES string of the molecule is COc1ccc(-c2cc(-c3ccc(C)cc3)[nH]n2)cc1. The standard InChI is InChI=1S/C17H16N2O/c1-12-3-5-13(6-4-12)16-11-17(19-18-16)14-7-9-15(20-2)10-8-14/h3-11H,1-2H3,(H,18,19). The van der Waals surface area contributed by atoms with Gasteiger partial charge in [0.2, 0.25) is 0 Å². The van der Waals surface area contributed by atoms with Gasteiger partial charge in [0, 0.05) is 5.56 Å². The van der Waals surface area contributed by atoms with Gasteiger partial charge in [0.1, 0.15) is 5.75 Å². The summed E-state index contributed by atoms with van der Waals surface area (Å²) >= 11 is 0. The lowest BCUT2D eigenvalue weighted by atomic mass is 10.1. The van der Waals surface area contributed by atoms with E-state index in [0.717, 1.165) is 28.3 Å². The monoisotopic (exact) mass is 264 g/mol. The van der Waals surface area contributed by atoms with Crippen LogP contribution < -0.4 is 4.74 Å². The lowest BCUT2D eigenvalue weighted by Crippen LogP contribution is -1.82. The number of nitrogens with zero attached hydrogens (tertiary/aromatic N) is 1. The average molecular weight is 264 g/mol. The van der Waals surface area contributed by atoms with Gasteiger partial charge in [0.05, 0.1) is 18.5 Å². The summed E-state index contributed by atoms with van der Waals surface area (Å²) < 4.78 is 5.16. The highest BCUT2D eigenvalue weighted by Gasteiger charge is 2.05. The number of H-pyrrole nitrogens is 1. The van der Waals surface area contributed by atoms with Crippen molar-refractivity contribution in [3.63, 3.8) is 0 Å². The quantitative estimate of drug-likeness (QED) is 0.774. The van der Waals surface area contributed by atoms with Crippen molar-refractivity contribution in [3.05, 3.63) is 60.2 Å². The van der Waals surface area contributed by atoms with E-state index in [1.54, 1.807) is 7.11 Å². The first-order chi connectivity index (χ1) is 9.76. The minimum atomic E-state index is 0.850. The van der Waals surface area contributed by atoms with Gasteiger partial charge in [-0.05, 0) is 42.8 Å². The van der Waals surface area contributed by atoms with Crippen LogP contribution in [0.2, 0.25) is 0 Å². The van der Waals surface area contributed by atoms with Crippen LogP contribution in [0.5, 0.6) is 5.75 Å². The molecule has 0 bridgehead atoms. The van der Waals surface area contributed by atoms with Crippen molar-refractivity contribution in [1.29, 1.82) is 0 Å². The van der Waals surface area contributed by atoms with Crippen LogP contribution in [-0.2, 0) is 0 Å². The summed E-state index contributed by atoms with van der Waals surface area (Å²) in [5.41, 5.74) is 5.42. The molecule has 0 amide bonds. The number of hydrogen-bond donors (Lipinski definition) is 1. The number of benzene rings is 2. The second-order valence-corrected chi connectivity index (χ2v) is 4.76. The number of nitrogens with one attached hydrogen (secondary N) is 1. The average Bonchev–Trinajstić information content (AvgIpc) is 2.98. The fraction of sp³-hybridized carbons (Fsp3) is 0.118. The zero-order valence-electron chi connectivity index (χ0n) is 11.6. The van der Waals surface area contributed by atoms with E-state index >= 15 is 0 Å². The molecule has 0 unspecified atom stereocenters. The fourth-order valence-corrected chi connectivity index (χ4v) is 2.11. The van der Waals surface area contributed by atoms with Gasteiger partial charge in [-0.3, -0.25) is 5.10 Å². The molecule has 3 rings (SSSR count). The predicted octanol–water partition coefficient (Wildman–Crippen LogP) is 4.06. The second kappa shape index (κ2) is 5.21. The number of methoxy groups -OCH3 is 1. The minimum Gasteiger partial charge on any atom is -0.497 e. The Balaban J connectivity index is 1.91. The largest absolute Gasteiger partial charge is 0.497 e. The molecule has 0 aliphatic rings. The van der Waals surface area contributed by atoms with Crippen LogP contribution in [0.1, 0.15) is 5.56 Å². The van der Waals surface area contributed by atoms with Crippen LogP contribution in [-0.4, -0.2) is 17.3 Å². The first-order valence-corrected chi connectivity index (χ1v) is 6.53. The molecular weight excluding hydrogens is 248 g/mol. The molecule has 0 radical (unpaired) electrons. The van der Waals surface area contributed by atoms with E-state index in [1.165, 1.54) is 5.56 Å². The number of rotatable bonds is 3. The van der Waals surface area contributed by atoms with E-state index in [-0.39, 0.29) is 0 Å². The number of aryl methyl sites for hydroxylation is 1. The van der Waals surface area contributed by atoms with Gasteiger partial charge >= 0.3 is 0 Å². The second-order valence-electron chi connectivity index (χ2n) is 4.76. The third-order valence-corrected chi connectivity index (χ3v) is 3.33. The summed E-state index contributed by atoms with van der Waals surface area (Å²) in [5, 5.41) is 7.46. The lowest BCUT2D eigenvalue weighted by Gasteiger charge is -2.00. The van der Waals surface area contributed by atoms with Gasteiger partial charge in [0.25, 0.3) is 0 Å². The van der Waals surface area contributed by atoms with E-state index < -0.39 is 0 Å². The normalized spacial score (nSPS) is 10.5. The first kappa shape index (κ1) is 12.5. The van der Waals surface area contributed by atoms with E-state index in [9.17, 15) is 0 Å². The molecule has 0 saturated heterocycles.